The van der Waals surface area contributed by atoms with Crippen LogP contribution in [0.25, 0.3) is 0 Å². The van der Waals surface area contributed by atoms with Gasteiger partial charge in [-0.05, 0) is 58.7 Å². The van der Waals surface area contributed by atoms with E-state index in [0.717, 1.165) is 25.7 Å². The first kappa shape index (κ1) is 23.6. The summed E-state index contributed by atoms with van der Waals surface area (Å²) in [6.45, 7) is 0. The highest BCUT2D eigenvalue weighted by molar-refractivity contribution is 5.68. The average molecular weight is 470 g/mol. The number of tetrazole rings is 1. The van der Waals surface area contributed by atoms with E-state index in [4.69, 9.17) is 4.74 Å². The van der Waals surface area contributed by atoms with Gasteiger partial charge in [-0.1, -0.05) is 37.5 Å². The van der Waals surface area contributed by atoms with Crippen molar-refractivity contribution >= 4 is 5.97 Å². The van der Waals surface area contributed by atoms with Crippen LogP contribution in [0.1, 0.15) is 73.6 Å². The predicted octanol–water partition coefficient (Wildman–Crippen LogP) is 3.93. The third-order valence-electron chi connectivity index (χ3n) is 6.25. The van der Waals surface area contributed by atoms with E-state index in [9.17, 15) is 19.4 Å². The van der Waals surface area contributed by atoms with Crippen molar-refractivity contribution < 1.29 is 24.1 Å². The number of aromatic hydroxyl groups is 1. The molecule has 1 heterocycles. The van der Waals surface area contributed by atoms with E-state index < -0.39 is 23.9 Å². The smallest absolute Gasteiger partial charge is 0.305 e. The van der Waals surface area contributed by atoms with Crippen LogP contribution in [0, 0.1) is 5.82 Å². The lowest BCUT2D eigenvalue weighted by molar-refractivity contribution is -0.137. The standard InChI is InChI=1S/C24H28FN5O4/c1-34-21-12-9-16(13-20(21)31)23(24-27-28-29-30(24)18-5-3-2-4-6-18)26-19(14-22(32)33)15-7-10-17(25)11-8-15/h7-13,18-19,23,26,31H,2-6,14H2,1H3,(H,32,33). The molecule has 1 aliphatic rings. The van der Waals surface area contributed by atoms with Crippen LogP contribution in [-0.2, 0) is 4.79 Å². The summed E-state index contributed by atoms with van der Waals surface area (Å²) in [7, 11) is 1.46. The average Bonchev–Trinajstić information content (AvgIpc) is 3.32. The second-order valence-electron chi connectivity index (χ2n) is 8.51. The number of methoxy groups -OCH3 is 1. The molecule has 2 atom stereocenters. The van der Waals surface area contributed by atoms with E-state index in [1.807, 2.05) is 0 Å². The van der Waals surface area contributed by atoms with Gasteiger partial charge in [0.15, 0.2) is 17.3 Å². The Morgan fingerprint density at radius 3 is 2.53 bits per heavy atom. The molecule has 1 saturated carbocycles. The maximum absolute atomic E-state index is 13.5. The molecule has 0 aliphatic heterocycles. The molecular formula is C24H28FN5O4. The van der Waals surface area contributed by atoms with Crippen LogP contribution < -0.4 is 10.1 Å². The second kappa shape index (κ2) is 10.6. The minimum atomic E-state index is -1.01. The van der Waals surface area contributed by atoms with Crippen LogP contribution in [0.4, 0.5) is 4.39 Å². The summed E-state index contributed by atoms with van der Waals surface area (Å²) in [4.78, 5) is 11.7. The molecule has 1 aromatic heterocycles. The molecule has 0 radical (unpaired) electrons. The molecular weight excluding hydrogens is 441 g/mol. The molecule has 1 fully saturated rings. The van der Waals surface area contributed by atoms with Crippen molar-refractivity contribution in [1.82, 2.24) is 25.5 Å². The molecule has 2 unspecified atom stereocenters. The quantitative estimate of drug-likeness (QED) is 0.431. The molecule has 1 aliphatic carbocycles. The summed E-state index contributed by atoms with van der Waals surface area (Å²) in [5.41, 5.74) is 1.26. The number of carbonyl (C=O) groups is 1. The van der Waals surface area contributed by atoms with Gasteiger partial charge in [-0.25, -0.2) is 9.07 Å². The van der Waals surface area contributed by atoms with Crippen molar-refractivity contribution in [2.75, 3.05) is 7.11 Å². The van der Waals surface area contributed by atoms with Gasteiger partial charge in [-0.15, -0.1) is 5.10 Å². The monoisotopic (exact) mass is 469 g/mol. The SMILES string of the molecule is COc1ccc(C(NC(CC(=O)O)c2ccc(F)cc2)c2nnnn2C2CCCCC2)cc1O. The maximum atomic E-state index is 13.5. The molecule has 0 amide bonds. The Bertz CT molecular complexity index is 1110. The van der Waals surface area contributed by atoms with Gasteiger partial charge < -0.3 is 14.9 Å². The topological polar surface area (TPSA) is 122 Å². The molecule has 9 nitrogen and oxygen atoms in total. The molecule has 10 heteroatoms. The van der Waals surface area contributed by atoms with E-state index in [1.165, 1.54) is 25.7 Å². The predicted molar refractivity (Wildman–Crippen MR) is 121 cm³/mol. The number of rotatable bonds is 9. The number of nitrogens with one attached hydrogen (secondary N) is 1. The number of phenols is 1. The minimum Gasteiger partial charge on any atom is -0.504 e. The Morgan fingerprint density at radius 1 is 1.18 bits per heavy atom. The summed E-state index contributed by atoms with van der Waals surface area (Å²) in [6.07, 6.45) is 5.01. The molecule has 2 aromatic carbocycles. The number of benzene rings is 2. The van der Waals surface area contributed by atoms with Crippen molar-refractivity contribution in [1.29, 1.82) is 0 Å². The highest BCUT2D eigenvalue weighted by atomic mass is 19.1. The van der Waals surface area contributed by atoms with Crippen molar-refractivity contribution in [3.05, 3.63) is 65.2 Å². The molecule has 0 bridgehead atoms. The Hall–Kier alpha value is -3.53. The minimum absolute atomic E-state index is 0.0555. The third kappa shape index (κ3) is 5.33. The lowest BCUT2D eigenvalue weighted by Crippen LogP contribution is -2.32. The zero-order chi connectivity index (χ0) is 24.1. The largest absolute Gasteiger partial charge is 0.504 e. The van der Waals surface area contributed by atoms with E-state index >= 15 is 0 Å². The number of aromatic nitrogens is 4. The highest BCUT2D eigenvalue weighted by Gasteiger charge is 2.30. The summed E-state index contributed by atoms with van der Waals surface area (Å²) >= 11 is 0. The lowest BCUT2D eigenvalue weighted by Gasteiger charge is -2.28. The van der Waals surface area contributed by atoms with E-state index in [-0.39, 0.29) is 18.2 Å². The number of phenolic OH excluding ortho intramolecular Hbond substituents is 1. The molecule has 180 valence electrons. The molecule has 3 N–H and O–H groups in total. The Morgan fingerprint density at radius 2 is 1.88 bits per heavy atom. The number of aliphatic carboxylic acids is 1. The second-order valence-corrected chi connectivity index (χ2v) is 8.51. The van der Waals surface area contributed by atoms with Crippen LogP contribution in [0.3, 0.4) is 0 Å². The fraction of sp³-hybridized carbons (Fsp3) is 0.417. The fourth-order valence-corrected chi connectivity index (χ4v) is 4.53. The zero-order valence-corrected chi connectivity index (χ0v) is 18.9. The van der Waals surface area contributed by atoms with Crippen molar-refractivity contribution in [3.63, 3.8) is 0 Å². The Balaban J connectivity index is 1.76. The zero-order valence-electron chi connectivity index (χ0n) is 18.9. The van der Waals surface area contributed by atoms with Gasteiger partial charge in [0.1, 0.15) is 5.82 Å². The summed E-state index contributed by atoms with van der Waals surface area (Å²) in [5, 5.41) is 35.8. The Kier molecular flexibility index (Phi) is 7.36. The summed E-state index contributed by atoms with van der Waals surface area (Å²) in [6, 6.07) is 9.52. The van der Waals surface area contributed by atoms with Gasteiger partial charge >= 0.3 is 5.97 Å². The Labute approximate surface area is 196 Å². The molecule has 4 rings (SSSR count). The number of carboxylic acids is 1. The summed E-state index contributed by atoms with van der Waals surface area (Å²) < 4.78 is 20.5. The van der Waals surface area contributed by atoms with Gasteiger partial charge in [0.05, 0.1) is 25.6 Å². The first-order chi connectivity index (χ1) is 16.5. The van der Waals surface area contributed by atoms with E-state index in [2.05, 4.69) is 20.8 Å². The van der Waals surface area contributed by atoms with Crippen LogP contribution in [0.2, 0.25) is 0 Å². The summed E-state index contributed by atoms with van der Waals surface area (Å²) in [5.74, 6) is -0.635. The van der Waals surface area contributed by atoms with Gasteiger partial charge in [0.2, 0.25) is 0 Å². The van der Waals surface area contributed by atoms with Crippen LogP contribution in [0.5, 0.6) is 11.5 Å². The first-order valence-electron chi connectivity index (χ1n) is 11.3. The van der Waals surface area contributed by atoms with E-state index in [1.54, 1.807) is 35.0 Å². The van der Waals surface area contributed by atoms with Crippen LogP contribution >= 0.6 is 0 Å². The number of carboxylic acid groups (broad SMARTS) is 1. The lowest BCUT2D eigenvalue weighted by atomic mass is 9.94. The van der Waals surface area contributed by atoms with Crippen LogP contribution in [0.15, 0.2) is 42.5 Å². The van der Waals surface area contributed by atoms with Gasteiger partial charge in [-0.3, -0.25) is 10.1 Å². The van der Waals surface area contributed by atoms with Gasteiger partial charge in [-0.2, -0.15) is 0 Å². The third-order valence-corrected chi connectivity index (χ3v) is 6.25. The number of hydrogen-bond donors (Lipinski definition) is 3. The number of hydrogen-bond acceptors (Lipinski definition) is 7. The first-order valence-corrected chi connectivity index (χ1v) is 11.3. The van der Waals surface area contributed by atoms with E-state index in [0.29, 0.717) is 22.7 Å². The van der Waals surface area contributed by atoms with Crippen molar-refractivity contribution in [2.24, 2.45) is 0 Å². The van der Waals surface area contributed by atoms with Crippen molar-refractivity contribution in [3.8, 4) is 11.5 Å². The van der Waals surface area contributed by atoms with Crippen LogP contribution in [-0.4, -0.2) is 43.5 Å². The highest BCUT2D eigenvalue weighted by Crippen LogP contribution is 2.35. The maximum Gasteiger partial charge on any atom is 0.305 e. The number of halogens is 1. The number of ether oxygens (including phenoxy) is 1. The fourth-order valence-electron chi connectivity index (χ4n) is 4.53. The number of nitrogens with zero attached hydrogens (tertiary/aromatic N) is 4. The molecule has 3 aromatic rings. The molecule has 0 spiro atoms. The van der Waals surface area contributed by atoms with Crippen molar-refractivity contribution in [2.45, 2.75) is 56.7 Å². The molecule has 34 heavy (non-hydrogen) atoms. The molecule has 0 saturated heterocycles. The van der Waals surface area contributed by atoms with Gasteiger partial charge in [0, 0.05) is 6.04 Å². The normalized spacial score (nSPS) is 16.2. The van der Waals surface area contributed by atoms with Gasteiger partial charge in [0.25, 0.3) is 0 Å².